The summed E-state index contributed by atoms with van der Waals surface area (Å²) in [7, 11) is 3.39. The third-order valence-corrected chi connectivity index (χ3v) is 10.5. The molecule has 4 amide bonds. The van der Waals surface area contributed by atoms with Crippen molar-refractivity contribution in [2.24, 2.45) is 23.7 Å². The Labute approximate surface area is 336 Å². The number of likely N-dealkylation sites (N-methyl/N-ethyl adjacent to an activating group) is 2. The summed E-state index contributed by atoms with van der Waals surface area (Å²) in [5.74, 6) is 1.05. The molecule has 0 aliphatic carbocycles. The number of rotatable bonds is 4. The average Bonchev–Trinajstić information content (AvgIpc) is 3.13. The van der Waals surface area contributed by atoms with Gasteiger partial charge in [0.25, 0.3) is 11.8 Å². The Morgan fingerprint density at radius 2 is 0.839 bits per heavy atom. The molecule has 0 unspecified atom stereocenters. The molecular weight excluding hydrogens is 705 g/mol. The quantitative estimate of drug-likeness (QED) is 0.304. The van der Waals surface area contributed by atoms with Crippen LogP contribution in [0.4, 0.5) is 0 Å². The minimum absolute atomic E-state index is 0.0165. The molecule has 0 saturated heterocycles. The number of nitrogens with zero attached hydrogens (tertiary/aromatic N) is 2. The summed E-state index contributed by atoms with van der Waals surface area (Å²) in [6.45, 7) is 20.3. The SMILES string of the molecule is CC(C)[C@@H]1C/C=C/C[C@@H](C)Oc2ccccc2C(=O)N(C)[C@H](C(C)C)C(=O)N1.CC(C)[C@@H]1C/C=C\C[C@@H](C)Oc2ccccc2C(=O)N(C)[C@H](C(C)C)C(=O)N1. The van der Waals surface area contributed by atoms with Gasteiger partial charge in [0, 0.05) is 39.0 Å². The first-order valence-corrected chi connectivity index (χ1v) is 20.4. The zero-order valence-electron chi connectivity index (χ0n) is 35.9. The molecule has 0 saturated carbocycles. The molecule has 4 rings (SSSR count). The molecule has 6 atom stereocenters. The van der Waals surface area contributed by atoms with Gasteiger partial charge in [-0.05, 0) is 74.6 Å². The second-order valence-corrected chi connectivity index (χ2v) is 16.7. The van der Waals surface area contributed by atoms with Crippen LogP contribution < -0.4 is 20.1 Å². The molecule has 0 spiro atoms. The van der Waals surface area contributed by atoms with Crippen molar-refractivity contribution in [3.05, 3.63) is 84.0 Å². The number of hydrogen-bond acceptors (Lipinski definition) is 6. The lowest BCUT2D eigenvalue weighted by atomic mass is 9.96. The molecule has 2 aliphatic heterocycles. The van der Waals surface area contributed by atoms with Crippen LogP contribution >= 0.6 is 0 Å². The second-order valence-electron chi connectivity index (χ2n) is 16.7. The lowest BCUT2D eigenvalue weighted by Gasteiger charge is -2.33. The van der Waals surface area contributed by atoms with Gasteiger partial charge in [0.05, 0.1) is 23.3 Å². The Morgan fingerprint density at radius 1 is 0.518 bits per heavy atom. The third-order valence-electron chi connectivity index (χ3n) is 10.5. The smallest absolute Gasteiger partial charge is 0.258 e. The molecule has 0 bridgehead atoms. The molecule has 2 N–H and O–H groups in total. The first-order valence-electron chi connectivity index (χ1n) is 20.4. The van der Waals surface area contributed by atoms with Gasteiger partial charge in [0.1, 0.15) is 23.6 Å². The molecule has 10 heteroatoms. The standard InChI is InChI=1S/2C23H34N2O3/c2*1-15(2)19-13-9-7-11-17(5)28-20-14-10-8-12-18(20)23(27)25(6)21(16(3)4)22(26)24-19/h2*7-10,12,14-17,19,21H,11,13H2,1-6H3,(H,24,26)/b9-7+;9-7-/t2*17-,19+,21-/m11/s1. The topological polar surface area (TPSA) is 117 Å². The van der Waals surface area contributed by atoms with Crippen molar-refractivity contribution in [2.75, 3.05) is 14.1 Å². The van der Waals surface area contributed by atoms with Crippen LogP contribution in [-0.2, 0) is 9.59 Å². The van der Waals surface area contributed by atoms with Gasteiger partial charge in [-0.25, -0.2) is 0 Å². The van der Waals surface area contributed by atoms with E-state index in [4.69, 9.17) is 9.47 Å². The zero-order valence-corrected chi connectivity index (χ0v) is 35.9. The number of amides is 4. The van der Waals surface area contributed by atoms with Crippen LogP contribution in [0.3, 0.4) is 0 Å². The van der Waals surface area contributed by atoms with E-state index in [-0.39, 0.29) is 59.8 Å². The highest BCUT2D eigenvalue weighted by molar-refractivity contribution is 6.00. The molecule has 56 heavy (non-hydrogen) atoms. The Balaban J connectivity index is 0.000000300. The van der Waals surface area contributed by atoms with Crippen molar-refractivity contribution in [2.45, 2.75) is 131 Å². The molecule has 2 aromatic rings. The highest BCUT2D eigenvalue weighted by atomic mass is 16.5. The number of carbonyl (C=O) groups excluding carboxylic acids is 4. The van der Waals surface area contributed by atoms with E-state index in [9.17, 15) is 19.2 Å². The van der Waals surface area contributed by atoms with E-state index in [0.29, 0.717) is 34.5 Å². The van der Waals surface area contributed by atoms with Crippen LogP contribution in [0.15, 0.2) is 72.8 Å². The predicted molar refractivity (Wildman–Crippen MR) is 225 cm³/mol. The largest absolute Gasteiger partial charge is 0.490 e. The first kappa shape index (κ1) is 45.8. The summed E-state index contributed by atoms with van der Waals surface area (Å²) in [6, 6.07) is 13.5. The lowest BCUT2D eigenvalue weighted by Crippen LogP contribution is -2.53. The summed E-state index contributed by atoms with van der Waals surface area (Å²) in [4.78, 5) is 55.8. The van der Waals surface area contributed by atoms with Crippen LogP contribution in [0.2, 0.25) is 0 Å². The normalized spacial score (nSPS) is 25.7. The second kappa shape index (κ2) is 21.6. The highest BCUT2D eigenvalue weighted by Crippen LogP contribution is 2.26. The predicted octanol–water partition coefficient (Wildman–Crippen LogP) is 8.08. The molecule has 2 aliphatic rings. The number of benzene rings is 2. The Kier molecular flexibility index (Phi) is 17.7. The third kappa shape index (κ3) is 12.7. The molecule has 2 heterocycles. The minimum Gasteiger partial charge on any atom is -0.490 e. The summed E-state index contributed by atoms with van der Waals surface area (Å²) < 4.78 is 12.1. The molecule has 2 aromatic carbocycles. The van der Waals surface area contributed by atoms with Crippen LogP contribution in [0.1, 0.15) is 116 Å². The molecular formula is C46H68N4O6. The van der Waals surface area contributed by atoms with Crippen molar-refractivity contribution >= 4 is 23.6 Å². The summed E-state index contributed by atoms with van der Waals surface area (Å²) >= 11 is 0. The molecule has 0 aromatic heterocycles. The lowest BCUT2D eigenvalue weighted by molar-refractivity contribution is -0.128. The fourth-order valence-corrected chi connectivity index (χ4v) is 7.10. The van der Waals surface area contributed by atoms with E-state index in [0.717, 1.165) is 25.7 Å². The fraction of sp³-hybridized carbons (Fsp3) is 0.565. The van der Waals surface area contributed by atoms with Crippen LogP contribution in [0.25, 0.3) is 0 Å². The Morgan fingerprint density at radius 3 is 1.16 bits per heavy atom. The maximum Gasteiger partial charge on any atom is 0.258 e. The van der Waals surface area contributed by atoms with Crippen LogP contribution in [0, 0.1) is 23.7 Å². The summed E-state index contributed by atoms with van der Waals surface area (Å²) in [5.41, 5.74) is 0.966. The number of nitrogens with one attached hydrogen (secondary N) is 2. The van der Waals surface area contributed by atoms with Gasteiger partial charge < -0.3 is 29.9 Å². The van der Waals surface area contributed by atoms with E-state index in [1.54, 1.807) is 36.0 Å². The van der Waals surface area contributed by atoms with E-state index in [1.807, 2.05) is 77.9 Å². The fourth-order valence-electron chi connectivity index (χ4n) is 7.10. The van der Waals surface area contributed by atoms with E-state index < -0.39 is 12.1 Å². The van der Waals surface area contributed by atoms with Crippen molar-refractivity contribution in [1.82, 2.24) is 20.4 Å². The number of fused-ring (bicyclic) bond motifs is 2. The van der Waals surface area contributed by atoms with Crippen LogP contribution in [-0.4, -0.2) is 83.9 Å². The van der Waals surface area contributed by atoms with Gasteiger partial charge >= 0.3 is 0 Å². The van der Waals surface area contributed by atoms with Crippen molar-refractivity contribution in [1.29, 1.82) is 0 Å². The maximum atomic E-state index is 13.2. The van der Waals surface area contributed by atoms with Gasteiger partial charge in [-0.3, -0.25) is 19.2 Å². The van der Waals surface area contributed by atoms with E-state index >= 15 is 0 Å². The molecule has 10 nitrogen and oxygen atoms in total. The van der Waals surface area contributed by atoms with Crippen molar-refractivity contribution < 1.29 is 28.7 Å². The number of ether oxygens (including phenoxy) is 2. The first-order chi connectivity index (χ1) is 26.4. The summed E-state index contributed by atoms with van der Waals surface area (Å²) in [6.07, 6.45) is 11.3. The Bertz CT molecular complexity index is 1540. The average molecular weight is 773 g/mol. The van der Waals surface area contributed by atoms with Gasteiger partial charge in [-0.1, -0.05) is 104 Å². The number of hydrogen-bond donors (Lipinski definition) is 2. The highest BCUT2D eigenvalue weighted by Gasteiger charge is 2.34. The zero-order chi connectivity index (χ0) is 41.7. The van der Waals surface area contributed by atoms with E-state index in [2.05, 4.69) is 62.6 Å². The molecule has 0 fully saturated rings. The number of para-hydroxylation sites is 2. The van der Waals surface area contributed by atoms with Crippen molar-refractivity contribution in [3.8, 4) is 11.5 Å². The summed E-state index contributed by atoms with van der Waals surface area (Å²) in [5, 5.41) is 6.35. The molecule has 0 radical (unpaired) electrons. The van der Waals surface area contributed by atoms with Crippen molar-refractivity contribution in [3.63, 3.8) is 0 Å². The van der Waals surface area contributed by atoms with Gasteiger partial charge in [-0.2, -0.15) is 0 Å². The van der Waals surface area contributed by atoms with Crippen LogP contribution in [0.5, 0.6) is 11.5 Å². The minimum atomic E-state index is -0.550. The van der Waals surface area contributed by atoms with Gasteiger partial charge in [-0.15, -0.1) is 0 Å². The van der Waals surface area contributed by atoms with Gasteiger partial charge in [0.15, 0.2) is 0 Å². The monoisotopic (exact) mass is 773 g/mol. The van der Waals surface area contributed by atoms with E-state index in [1.165, 1.54) is 0 Å². The molecule has 308 valence electrons. The van der Waals surface area contributed by atoms with Gasteiger partial charge in [0.2, 0.25) is 11.8 Å². The maximum absolute atomic E-state index is 13.2. The number of carbonyl (C=O) groups is 4. The Hall–Kier alpha value is -4.60.